The normalized spacial score (nSPS) is 11.1. The van der Waals surface area contributed by atoms with Crippen molar-refractivity contribution < 1.29 is 19.1 Å². The lowest BCUT2D eigenvalue weighted by molar-refractivity contribution is 0.0559. The van der Waals surface area contributed by atoms with Crippen molar-refractivity contribution in [2.75, 3.05) is 14.2 Å². The molecule has 0 N–H and O–H groups in total. The molecule has 5 nitrogen and oxygen atoms in total. The van der Waals surface area contributed by atoms with Crippen LogP contribution in [0.4, 0.5) is 0 Å². The van der Waals surface area contributed by atoms with Crippen molar-refractivity contribution in [3.63, 3.8) is 0 Å². The summed E-state index contributed by atoms with van der Waals surface area (Å²) in [6, 6.07) is 9.19. The van der Waals surface area contributed by atoms with Gasteiger partial charge in [0.15, 0.2) is 0 Å². The molecule has 0 aliphatic heterocycles. The molecular weight excluding hydrogens is 246 g/mol. The Balaban J connectivity index is 2.49. The smallest absolute Gasteiger partial charge is 0.340 e. The largest absolute Gasteiger partial charge is 0.465 e. The van der Waals surface area contributed by atoms with Gasteiger partial charge in [-0.1, -0.05) is 6.07 Å². The molecule has 3 aromatic heterocycles. The Hall–Kier alpha value is -2.56. The summed E-state index contributed by atoms with van der Waals surface area (Å²) in [7, 11) is 2.58. The number of carbonyl (C=O) groups is 2. The summed E-state index contributed by atoms with van der Waals surface area (Å²) >= 11 is 0. The fourth-order valence-electron chi connectivity index (χ4n) is 2.43. The Bertz CT molecular complexity index is 770. The van der Waals surface area contributed by atoms with Gasteiger partial charge >= 0.3 is 11.9 Å². The van der Waals surface area contributed by atoms with Gasteiger partial charge in [0.1, 0.15) is 11.1 Å². The number of hydrogen-bond donors (Lipinski definition) is 0. The minimum absolute atomic E-state index is 0.246. The zero-order valence-corrected chi connectivity index (χ0v) is 10.5. The molecule has 0 saturated carbocycles. The van der Waals surface area contributed by atoms with Crippen molar-refractivity contribution in [1.29, 1.82) is 0 Å². The molecule has 0 atom stereocenters. The van der Waals surface area contributed by atoms with Gasteiger partial charge < -0.3 is 13.9 Å². The SMILES string of the molecule is COC(=O)c1c(C(=O)OC)c2ccc3cccc1n32. The zero-order valence-electron chi connectivity index (χ0n) is 10.5. The fraction of sp³-hybridized carbons (Fsp3) is 0.143. The van der Waals surface area contributed by atoms with Crippen LogP contribution in [0.3, 0.4) is 0 Å². The number of methoxy groups -OCH3 is 2. The maximum atomic E-state index is 11.9. The summed E-state index contributed by atoms with van der Waals surface area (Å²) in [5.41, 5.74) is 2.70. The molecule has 96 valence electrons. The summed E-state index contributed by atoms with van der Waals surface area (Å²) in [6.45, 7) is 0. The van der Waals surface area contributed by atoms with Gasteiger partial charge in [0, 0.05) is 5.52 Å². The van der Waals surface area contributed by atoms with Crippen LogP contribution < -0.4 is 0 Å². The van der Waals surface area contributed by atoms with Crippen LogP contribution in [0.2, 0.25) is 0 Å². The first-order valence-electron chi connectivity index (χ1n) is 5.71. The third-order valence-electron chi connectivity index (χ3n) is 3.21. The van der Waals surface area contributed by atoms with Gasteiger partial charge in [-0.2, -0.15) is 0 Å². The number of aromatic nitrogens is 1. The first-order valence-corrected chi connectivity index (χ1v) is 5.71. The van der Waals surface area contributed by atoms with E-state index < -0.39 is 11.9 Å². The van der Waals surface area contributed by atoms with Gasteiger partial charge in [-0.25, -0.2) is 9.59 Å². The lowest BCUT2D eigenvalue weighted by Crippen LogP contribution is -2.09. The number of carbonyl (C=O) groups excluding carboxylic acids is 2. The van der Waals surface area contributed by atoms with Gasteiger partial charge in [0.25, 0.3) is 0 Å². The second kappa shape index (κ2) is 3.98. The first-order chi connectivity index (χ1) is 9.19. The van der Waals surface area contributed by atoms with E-state index in [4.69, 9.17) is 9.47 Å². The van der Waals surface area contributed by atoms with Crippen molar-refractivity contribution in [2.45, 2.75) is 0 Å². The fourth-order valence-corrected chi connectivity index (χ4v) is 2.43. The Kier molecular flexibility index (Phi) is 2.41. The second-order valence-corrected chi connectivity index (χ2v) is 4.12. The van der Waals surface area contributed by atoms with Crippen molar-refractivity contribution in [3.8, 4) is 0 Å². The Morgan fingerprint density at radius 1 is 0.895 bits per heavy atom. The minimum atomic E-state index is -0.545. The predicted octanol–water partition coefficient (Wildman–Crippen LogP) is 2.10. The molecule has 0 aromatic carbocycles. The Morgan fingerprint density at radius 2 is 1.47 bits per heavy atom. The summed E-state index contributed by atoms with van der Waals surface area (Å²) in [4.78, 5) is 23.9. The van der Waals surface area contributed by atoms with Crippen molar-refractivity contribution >= 4 is 28.5 Å². The molecule has 3 rings (SSSR count). The van der Waals surface area contributed by atoms with Gasteiger partial charge in [0.2, 0.25) is 0 Å². The van der Waals surface area contributed by atoms with Crippen LogP contribution in [0.15, 0.2) is 30.3 Å². The molecule has 0 amide bonds. The molecule has 0 unspecified atom stereocenters. The van der Waals surface area contributed by atoms with E-state index in [-0.39, 0.29) is 11.1 Å². The van der Waals surface area contributed by atoms with Crippen LogP contribution in [-0.4, -0.2) is 30.6 Å². The number of esters is 2. The number of pyridine rings is 1. The van der Waals surface area contributed by atoms with E-state index in [0.717, 1.165) is 5.52 Å². The maximum Gasteiger partial charge on any atom is 0.340 e. The van der Waals surface area contributed by atoms with E-state index >= 15 is 0 Å². The monoisotopic (exact) mass is 257 g/mol. The molecule has 3 heterocycles. The Labute approximate surface area is 108 Å². The summed E-state index contributed by atoms with van der Waals surface area (Å²) in [5, 5.41) is 0. The van der Waals surface area contributed by atoms with E-state index in [1.807, 2.05) is 22.6 Å². The third kappa shape index (κ3) is 1.41. The van der Waals surface area contributed by atoms with Crippen LogP contribution >= 0.6 is 0 Å². The quantitative estimate of drug-likeness (QED) is 0.660. The zero-order chi connectivity index (χ0) is 13.6. The molecular formula is C14H11NO4. The lowest BCUT2D eigenvalue weighted by Gasteiger charge is -2.01. The van der Waals surface area contributed by atoms with Crippen LogP contribution in [0.25, 0.3) is 16.6 Å². The molecule has 0 saturated heterocycles. The average Bonchev–Trinajstić information content (AvgIpc) is 3.00. The second-order valence-electron chi connectivity index (χ2n) is 4.12. The van der Waals surface area contributed by atoms with E-state index in [9.17, 15) is 9.59 Å². The predicted molar refractivity (Wildman–Crippen MR) is 68.8 cm³/mol. The highest BCUT2D eigenvalue weighted by molar-refractivity contribution is 6.14. The van der Waals surface area contributed by atoms with Crippen LogP contribution in [0, 0.1) is 0 Å². The molecule has 0 aliphatic rings. The van der Waals surface area contributed by atoms with Crippen molar-refractivity contribution in [3.05, 3.63) is 41.5 Å². The third-order valence-corrected chi connectivity index (χ3v) is 3.21. The summed E-state index contributed by atoms with van der Waals surface area (Å²) in [5.74, 6) is -1.09. The average molecular weight is 257 g/mol. The van der Waals surface area contributed by atoms with Crippen molar-refractivity contribution in [2.24, 2.45) is 0 Å². The van der Waals surface area contributed by atoms with Crippen molar-refractivity contribution in [1.82, 2.24) is 4.40 Å². The van der Waals surface area contributed by atoms with Crippen LogP contribution in [0.1, 0.15) is 20.7 Å². The molecule has 0 spiro atoms. The van der Waals surface area contributed by atoms with Crippen LogP contribution in [0.5, 0.6) is 0 Å². The number of rotatable bonds is 2. The number of hydrogen-bond acceptors (Lipinski definition) is 4. The number of ether oxygens (including phenoxy) is 2. The van der Waals surface area contributed by atoms with Gasteiger partial charge in [-0.3, -0.25) is 0 Å². The molecule has 19 heavy (non-hydrogen) atoms. The minimum Gasteiger partial charge on any atom is -0.465 e. The highest BCUT2D eigenvalue weighted by atomic mass is 16.5. The highest BCUT2D eigenvalue weighted by Crippen LogP contribution is 2.30. The molecule has 3 aromatic rings. The van der Waals surface area contributed by atoms with E-state index in [2.05, 4.69) is 0 Å². The summed E-state index contributed by atoms with van der Waals surface area (Å²) < 4.78 is 11.4. The standard InChI is InChI=1S/C14H11NO4/c1-18-13(16)11-9-5-3-4-8-6-7-10(15(8)9)12(11)14(17)19-2/h3-7H,1-2H3. The highest BCUT2D eigenvalue weighted by Gasteiger charge is 2.28. The van der Waals surface area contributed by atoms with E-state index in [1.54, 1.807) is 12.1 Å². The molecule has 0 bridgehead atoms. The molecule has 0 aliphatic carbocycles. The number of nitrogens with zero attached hydrogens (tertiary/aromatic N) is 1. The van der Waals surface area contributed by atoms with Gasteiger partial charge in [0.05, 0.1) is 25.3 Å². The maximum absolute atomic E-state index is 11.9. The first kappa shape index (κ1) is 11.5. The van der Waals surface area contributed by atoms with Gasteiger partial charge in [-0.05, 0) is 24.3 Å². The van der Waals surface area contributed by atoms with Gasteiger partial charge in [-0.15, -0.1) is 0 Å². The molecule has 0 fully saturated rings. The van der Waals surface area contributed by atoms with Crippen LogP contribution in [-0.2, 0) is 9.47 Å². The van der Waals surface area contributed by atoms with E-state index in [1.165, 1.54) is 14.2 Å². The summed E-state index contributed by atoms with van der Waals surface area (Å²) in [6.07, 6.45) is 0. The van der Waals surface area contributed by atoms with E-state index in [0.29, 0.717) is 11.0 Å². The topological polar surface area (TPSA) is 57.0 Å². The molecule has 0 radical (unpaired) electrons. The Morgan fingerprint density at radius 3 is 2.05 bits per heavy atom. The lowest BCUT2D eigenvalue weighted by atomic mass is 10.1. The molecule has 5 heteroatoms.